The quantitative estimate of drug-likeness (QED) is 0.287. The van der Waals surface area contributed by atoms with Crippen LogP contribution in [-0.4, -0.2) is 45.1 Å². The first-order valence-electron chi connectivity index (χ1n) is 12.4. The molecule has 2 aliphatic heterocycles. The van der Waals surface area contributed by atoms with Gasteiger partial charge >= 0.3 is 6.18 Å². The van der Waals surface area contributed by atoms with Gasteiger partial charge in [-0.25, -0.2) is 4.99 Å². The monoisotopic (exact) mass is 517 g/mol. The number of thioether (sulfide) groups is 1. The zero-order chi connectivity index (χ0) is 25.3. The Morgan fingerprint density at radius 2 is 1.97 bits per heavy atom. The van der Waals surface area contributed by atoms with Gasteiger partial charge in [-0.15, -0.1) is 10.2 Å². The fourth-order valence-electron chi connectivity index (χ4n) is 5.08. The molecule has 1 aliphatic carbocycles. The third kappa shape index (κ3) is 5.25. The van der Waals surface area contributed by atoms with Crippen LogP contribution >= 0.6 is 11.8 Å². The van der Waals surface area contributed by atoms with Crippen LogP contribution in [0.3, 0.4) is 0 Å². The van der Waals surface area contributed by atoms with Gasteiger partial charge in [-0.3, -0.25) is 0 Å². The highest BCUT2D eigenvalue weighted by Gasteiger charge is 2.37. The zero-order valence-corrected chi connectivity index (χ0v) is 21.2. The highest BCUT2D eigenvalue weighted by molar-refractivity contribution is 7.99. The topological polar surface area (TPSA) is 64.3 Å². The predicted octanol–water partition coefficient (Wildman–Crippen LogP) is 5.77. The lowest BCUT2D eigenvalue weighted by Gasteiger charge is -2.29. The summed E-state index contributed by atoms with van der Waals surface area (Å²) in [5, 5.41) is 12.9. The Morgan fingerprint density at radius 3 is 2.72 bits per heavy atom. The molecule has 1 aromatic carbocycles. The van der Waals surface area contributed by atoms with Gasteiger partial charge in [0.25, 0.3) is 0 Å². The van der Waals surface area contributed by atoms with Crippen LogP contribution in [0.1, 0.15) is 44.6 Å². The molecule has 0 fully saturated rings. The van der Waals surface area contributed by atoms with Crippen LogP contribution in [0.5, 0.6) is 0 Å². The molecule has 3 atom stereocenters. The second kappa shape index (κ2) is 10.4. The van der Waals surface area contributed by atoms with Crippen molar-refractivity contribution < 1.29 is 17.9 Å². The summed E-state index contributed by atoms with van der Waals surface area (Å²) in [5.74, 6) is 2.78. The summed E-state index contributed by atoms with van der Waals surface area (Å²) < 4.78 is 46.5. The van der Waals surface area contributed by atoms with Crippen molar-refractivity contribution in [3.8, 4) is 11.4 Å². The molecule has 3 heterocycles. The van der Waals surface area contributed by atoms with Crippen LogP contribution in [0, 0.1) is 5.92 Å². The fourth-order valence-corrected chi connectivity index (χ4v) is 5.95. The van der Waals surface area contributed by atoms with Crippen molar-refractivity contribution in [2.75, 3.05) is 12.3 Å². The van der Waals surface area contributed by atoms with Crippen molar-refractivity contribution in [3.63, 3.8) is 0 Å². The Hall–Kier alpha value is -2.59. The smallest absolute Gasteiger partial charge is 0.416 e. The normalized spacial score (nSPS) is 23.7. The number of halogens is 3. The Labute approximate surface area is 213 Å². The number of aromatic nitrogens is 3. The van der Waals surface area contributed by atoms with E-state index in [2.05, 4.69) is 39.6 Å². The third-order valence-corrected chi connectivity index (χ3v) is 8.12. The predicted molar refractivity (Wildman–Crippen MR) is 135 cm³/mol. The first kappa shape index (κ1) is 25.1. The Morgan fingerprint density at radius 1 is 1.17 bits per heavy atom. The van der Waals surface area contributed by atoms with Crippen LogP contribution in [0.4, 0.5) is 13.2 Å². The Balaban J connectivity index is 1.12. The van der Waals surface area contributed by atoms with Gasteiger partial charge in [-0.05, 0) is 49.3 Å². The van der Waals surface area contributed by atoms with Gasteiger partial charge < -0.3 is 14.6 Å². The first-order chi connectivity index (χ1) is 17.3. The van der Waals surface area contributed by atoms with Crippen molar-refractivity contribution in [2.45, 2.75) is 62.5 Å². The molecule has 36 heavy (non-hydrogen) atoms. The summed E-state index contributed by atoms with van der Waals surface area (Å²) in [6, 6.07) is 5.48. The van der Waals surface area contributed by atoms with Crippen molar-refractivity contribution in [1.82, 2.24) is 20.1 Å². The molecule has 192 valence electrons. The number of allylic oxidation sites excluding steroid dienone is 1. The number of aliphatic imine (C=N–C) groups is 1. The molecule has 0 saturated carbocycles. The minimum absolute atomic E-state index is 0.00424. The molecule has 10 heteroatoms. The summed E-state index contributed by atoms with van der Waals surface area (Å²) in [6.07, 6.45) is 5.21. The lowest BCUT2D eigenvalue weighted by atomic mass is 9.81. The van der Waals surface area contributed by atoms with E-state index in [-0.39, 0.29) is 6.10 Å². The van der Waals surface area contributed by atoms with E-state index < -0.39 is 11.7 Å². The molecule has 2 aromatic rings. The molecule has 5 rings (SSSR count). The maximum atomic E-state index is 12.8. The number of benzene rings is 1. The van der Waals surface area contributed by atoms with E-state index in [1.54, 1.807) is 11.8 Å². The number of rotatable bonds is 7. The second-order valence-corrected chi connectivity index (χ2v) is 10.5. The highest BCUT2D eigenvalue weighted by atomic mass is 32.2. The molecule has 0 spiro atoms. The van der Waals surface area contributed by atoms with Gasteiger partial charge in [-0.1, -0.05) is 43.0 Å². The van der Waals surface area contributed by atoms with Crippen molar-refractivity contribution in [1.29, 1.82) is 0 Å². The SMILES string of the molecule is CCC1=NC2=CCC3CC(CCCSc4nnc(-c5ccc(C(F)(F)F)cc5)n4C)NCC=C3C2O1. The summed E-state index contributed by atoms with van der Waals surface area (Å²) in [5.41, 5.74) is 2.39. The molecule has 6 nitrogen and oxygen atoms in total. The largest absolute Gasteiger partial charge is 0.467 e. The van der Waals surface area contributed by atoms with Crippen molar-refractivity contribution >= 4 is 17.7 Å². The van der Waals surface area contributed by atoms with Gasteiger partial charge in [0.05, 0.1) is 11.3 Å². The number of alkyl halides is 3. The van der Waals surface area contributed by atoms with Crippen LogP contribution in [0.15, 0.2) is 57.8 Å². The van der Waals surface area contributed by atoms with Crippen LogP contribution in [0.25, 0.3) is 11.4 Å². The standard InChI is InChI=1S/C26H30F3N5OS/c1-3-22-31-21-11-8-17-15-19(30-13-12-20(17)23(21)35-22)5-4-14-36-25-33-32-24(34(25)2)16-6-9-18(10-7-16)26(27,28)29/h6-7,9-12,17,19,23,30H,3-5,8,13-15H2,1-2H3. The molecule has 0 amide bonds. The minimum Gasteiger partial charge on any atom is -0.467 e. The lowest BCUT2D eigenvalue weighted by molar-refractivity contribution is -0.137. The minimum atomic E-state index is -4.35. The molecular weight excluding hydrogens is 487 g/mol. The van der Waals surface area contributed by atoms with E-state index in [9.17, 15) is 13.2 Å². The summed E-state index contributed by atoms with van der Waals surface area (Å²) >= 11 is 1.63. The molecular formula is C26H30F3N5OS. The summed E-state index contributed by atoms with van der Waals surface area (Å²) in [6.45, 7) is 2.92. The Bertz CT molecular complexity index is 1190. The van der Waals surface area contributed by atoms with E-state index in [0.29, 0.717) is 23.3 Å². The second-order valence-electron chi connectivity index (χ2n) is 9.39. The lowest BCUT2D eigenvalue weighted by Crippen LogP contribution is -2.31. The fraction of sp³-hybridized carbons (Fsp3) is 0.500. The van der Waals surface area contributed by atoms with E-state index in [0.717, 1.165) is 73.3 Å². The molecule has 0 radical (unpaired) electrons. The average Bonchev–Trinajstić information content (AvgIpc) is 3.38. The maximum Gasteiger partial charge on any atom is 0.416 e. The van der Waals surface area contributed by atoms with E-state index >= 15 is 0 Å². The number of hydrogen-bond acceptors (Lipinski definition) is 6. The molecule has 3 aliphatic rings. The summed E-state index contributed by atoms with van der Waals surface area (Å²) in [4.78, 5) is 4.63. The first-order valence-corrected chi connectivity index (χ1v) is 13.4. The summed E-state index contributed by atoms with van der Waals surface area (Å²) in [7, 11) is 1.85. The number of ether oxygens (including phenoxy) is 1. The number of fused-ring (bicyclic) bond motifs is 3. The van der Waals surface area contributed by atoms with Gasteiger partial charge in [0.2, 0.25) is 0 Å². The Kier molecular flexibility index (Phi) is 7.25. The molecule has 1 aromatic heterocycles. The number of nitrogens with one attached hydrogen (secondary N) is 1. The highest BCUT2D eigenvalue weighted by Crippen LogP contribution is 2.39. The zero-order valence-electron chi connectivity index (χ0n) is 20.4. The van der Waals surface area contributed by atoms with Gasteiger partial charge in [0, 0.05) is 37.4 Å². The van der Waals surface area contributed by atoms with Crippen LogP contribution in [0.2, 0.25) is 0 Å². The molecule has 0 bridgehead atoms. The van der Waals surface area contributed by atoms with E-state index in [1.165, 1.54) is 17.7 Å². The number of hydrogen-bond donors (Lipinski definition) is 1. The third-order valence-electron chi connectivity index (χ3n) is 7.01. The van der Waals surface area contributed by atoms with Gasteiger partial charge in [0.15, 0.2) is 23.0 Å². The van der Waals surface area contributed by atoms with E-state index in [4.69, 9.17) is 4.74 Å². The molecule has 3 unspecified atom stereocenters. The van der Waals surface area contributed by atoms with Crippen LogP contribution < -0.4 is 5.32 Å². The molecule has 1 N–H and O–H groups in total. The average molecular weight is 518 g/mol. The van der Waals surface area contributed by atoms with Gasteiger partial charge in [-0.2, -0.15) is 13.2 Å². The molecule has 0 saturated heterocycles. The van der Waals surface area contributed by atoms with Crippen molar-refractivity contribution in [3.05, 3.63) is 53.3 Å². The van der Waals surface area contributed by atoms with E-state index in [1.807, 2.05) is 11.6 Å². The number of nitrogens with zero attached hydrogens (tertiary/aromatic N) is 4. The van der Waals surface area contributed by atoms with Crippen LogP contribution in [-0.2, 0) is 18.0 Å². The maximum absolute atomic E-state index is 12.8. The van der Waals surface area contributed by atoms with Gasteiger partial charge in [0.1, 0.15) is 0 Å². The van der Waals surface area contributed by atoms with Crippen molar-refractivity contribution in [2.24, 2.45) is 18.0 Å².